The van der Waals surface area contributed by atoms with Crippen LogP contribution in [0.4, 0.5) is 11.6 Å². The number of benzene rings is 16. The molecule has 115 heavy (non-hydrogen) atoms. The van der Waals surface area contributed by atoms with Gasteiger partial charge in [0.15, 0.2) is 0 Å². The molecular weight excluding hydrogens is 1630 g/mol. The molecule has 0 saturated heterocycles. The van der Waals surface area contributed by atoms with E-state index in [9.17, 15) is 0 Å². The van der Waals surface area contributed by atoms with E-state index >= 15 is 0 Å². The summed E-state index contributed by atoms with van der Waals surface area (Å²) >= 11 is 3.23. The van der Waals surface area contributed by atoms with E-state index in [1.165, 1.54) is 80.0 Å². The number of anilines is 2. The number of nitrogen functional groups attached to an aromatic ring is 2. The Morgan fingerprint density at radius 1 is 0.226 bits per heavy atom. The molecule has 0 spiro atoms. The Balaban J connectivity index is 0.000000133. The fourth-order valence-electron chi connectivity index (χ4n) is 12.6. The third kappa shape index (κ3) is 25.4. The van der Waals surface area contributed by atoms with Crippen molar-refractivity contribution < 1.29 is 30.5 Å². The first-order valence-electron chi connectivity index (χ1n) is 37.4. The number of hydrogen-bond donors (Lipinski definition) is 4. The summed E-state index contributed by atoms with van der Waals surface area (Å²) in [4.78, 5) is 7.95. The Kier molecular flexibility index (Phi) is 34.0. The summed E-state index contributed by atoms with van der Waals surface area (Å²) in [6, 6.07) is 164. The van der Waals surface area contributed by atoms with Crippen LogP contribution in [0.3, 0.4) is 0 Å². The maximum Gasteiger partial charge on any atom is 0.489 e. The van der Waals surface area contributed by atoms with Crippen LogP contribution < -0.4 is 80.6 Å². The second-order valence-electron chi connectivity index (χ2n) is 25.7. The smallest absolute Gasteiger partial charge is 0.423 e. The molecule has 2 heterocycles. The van der Waals surface area contributed by atoms with E-state index in [0.717, 1.165) is 20.8 Å². The summed E-state index contributed by atoms with van der Waals surface area (Å²) in [7, 11) is -3.18. The van der Waals surface area contributed by atoms with Gasteiger partial charge in [-0.15, -0.1) is 0 Å². The Morgan fingerprint density at radius 3 is 0.678 bits per heavy atom. The molecule has 0 amide bonds. The molecule has 0 aliphatic carbocycles. The molecule has 16 aromatic carbocycles. The predicted octanol–water partition coefficient (Wildman–Crippen LogP) is 19.2. The van der Waals surface area contributed by atoms with Crippen LogP contribution in [0.15, 0.2) is 490 Å². The summed E-state index contributed by atoms with van der Waals surface area (Å²) in [6.07, 6.45) is 3.48. The largest absolute Gasteiger partial charge is 0.489 e. The van der Waals surface area contributed by atoms with Gasteiger partial charge < -0.3 is 21.5 Å². The van der Waals surface area contributed by atoms with E-state index in [0.29, 0.717) is 17.1 Å². The maximum atomic E-state index is 9.08. The van der Waals surface area contributed by atoms with E-state index in [4.69, 9.17) is 21.5 Å². The van der Waals surface area contributed by atoms with Crippen molar-refractivity contribution in [2.24, 2.45) is 0 Å². The van der Waals surface area contributed by atoms with Crippen LogP contribution in [0.2, 0.25) is 0 Å². The van der Waals surface area contributed by atoms with E-state index < -0.39 is 38.8 Å². The maximum absolute atomic E-state index is 9.08. The SMILES string of the molecule is Nc1ccc(-c2cccc3ccccc23)cn1.Nc1ccc(Br)cn1.OB(O)c1cccc2ccccc12.[Pd].c1ccc(P(c2ccccc2)c2ccccc2)cc1.c1ccc(P(c2ccccc2)c2ccccc2)cc1.c1ccc(P(c2ccccc2)c2ccccc2)cc1.c1ccc(P(c2ccccc2)c2ccccc2)cc1. The van der Waals surface area contributed by atoms with Gasteiger partial charge in [-0.3, -0.25) is 0 Å². The quantitative estimate of drug-likeness (QED) is 0.0636. The zero-order valence-electron chi connectivity index (χ0n) is 63.2. The minimum atomic E-state index is -1.40. The molecule has 0 fully saturated rings. The van der Waals surface area contributed by atoms with Gasteiger partial charge in [0.1, 0.15) is 11.6 Å². The van der Waals surface area contributed by atoms with Crippen molar-refractivity contribution in [2.45, 2.75) is 0 Å². The van der Waals surface area contributed by atoms with Crippen molar-refractivity contribution in [3.8, 4) is 11.1 Å². The fourth-order valence-corrected chi connectivity index (χ4v) is 22.1. The van der Waals surface area contributed by atoms with Gasteiger partial charge >= 0.3 is 7.12 Å². The molecule has 0 atom stereocenters. The monoisotopic (exact) mass is 1720 g/mol. The van der Waals surface area contributed by atoms with Crippen molar-refractivity contribution in [3.63, 3.8) is 0 Å². The first-order chi connectivity index (χ1) is 56.2. The van der Waals surface area contributed by atoms with Crippen molar-refractivity contribution in [3.05, 3.63) is 490 Å². The minimum Gasteiger partial charge on any atom is -0.423 e. The molecule has 0 unspecified atom stereocenters. The van der Waals surface area contributed by atoms with E-state index in [-0.39, 0.29) is 20.4 Å². The van der Waals surface area contributed by atoms with Gasteiger partial charge in [0.25, 0.3) is 0 Å². The van der Waals surface area contributed by atoms with Gasteiger partial charge in [-0.05, 0) is 168 Å². The molecule has 0 radical (unpaired) electrons. The summed E-state index contributed by atoms with van der Waals surface area (Å²) in [5.41, 5.74) is 13.7. The van der Waals surface area contributed by atoms with Gasteiger partial charge in [-0.25, -0.2) is 9.97 Å². The third-order valence-corrected chi connectivity index (χ3v) is 28.2. The van der Waals surface area contributed by atoms with E-state index in [2.05, 4.69) is 426 Å². The zero-order chi connectivity index (χ0) is 78.6. The second-order valence-corrected chi connectivity index (χ2v) is 35.5. The molecule has 18 rings (SSSR count). The van der Waals surface area contributed by atoms with Crippen LogP contribution in [-0.4, -0.2) is 27.1 Å². The van der Waals surface area contributed by atoms with Crippen molar-refractivity contribution in [1.82, 2.24) is 9.97 Å². The molecule has 13 heteroatoms. The third-order valence-electron chi connectivity index (χ3n) is 17.9. The number of halogens is 1. The van der Waals surface area contributed by atoms with E-state index in [1.807, 2.05) is 66.9 Å². The topological polar surface area (TPSA) is 118 Å². The second kappa shape index (κ2) is 46.2. The van der Waals surface area contributed by atoms with Gasteiger partial charge in [0.05, 0.1) is 0 Å². The average molecular weight is 1720 g/mol. The number of nitrogens with zero attached hydrogens (tertiary/aromatic N) is 2. The first kappa shape index (κ1) is 84.7. The molecular formula is C102H86BBrN4O2P4Pd. The van der Waals surface area contributed by atoms with Crippen LogP contribution >= 0.6 is 47.6 Å². The Bertz CT molecular complexity index is 4860. The molecule has 0 aliphatic rings. The molecule has 0 bridgehead atoms. The Hall–Kier alpha value is -11.2. The number of pyridine rings is 2. The molecule has 566 valence electrons. The van der Waals surface area contributed by atoms with Crippen LogP contribution in [0.25, 0.3) is 32.7 Å². The molecule has 6 nitrogen and oxygen atoms in total. The van der Waals surface area contributed by atoms with Crippen molar-refractivity contribution >= 4 is 157 Å². The molecule has 18 aromatic rings. The van der Waals surface area contributed by atoms with Crippen LogP contribution in [0, 0.1) is 0 Å². The van der Waals surface area contributed by atoms with Gasteiger partial charge in [0, 0.05) is 42.9 Å². The standard InChI is InChI=1S/4C18H15P.C15H12N2.C10H9BO2.C5H5BrN2.Pd/c4*1-4-10-16(11-5-1)19(17-12-6-2-7-13-17)18-14-8-3-9-15-18;16-15-9-8-12(10-17-15)14-7-3-5-11-4-1-2-6-13(11)14;12-11(13)10-7-3-5-8-4-1-2-6-9(8)10;6-4-1-2-5(7)8-3-4;/h4*1-15H;1-10H,(H2,16,17);1-7,12-13H;1-3H,(H2,7,8);. The molecule has 0 aliphatic heterocycles. The number of rotatable bonds is 14. The molecule has 0 saturated carbocycles. The van der Waals surface area contributed by atoms with Crippen LogP contribution in [0.5, 0.6) is 0 Å². The van der Waals surface area contributed by atoms with Crippen molar-refractivity contribution in [2.75, 3.05) is 11.5 Å². The number of fused-ring (bicyclic) bond motifs is 2. The summed E-state index contributed by atoms with van der Waals surface area (Å²) in [6.45, 7) is 0. The summed E-state index contributed by atoms with van der Waals surface area (Å²) in [5, 5.41) is 39.3. The molecule has 6 N–H and O–H groups in total. The van der Waals surface area contributed by atoms with Gasteiger partial charge in [-0.1, -0.05) is 449 Å². The fraction of sp³-hybridized carbons (Fsp3) is 0. The summed E-state index contributed by atoms with van der Waals surface area (Å²) in [5.74, 6) is 1.10. The van der Waals surface area contributed by atoms with Crippen LogP contribution in [-0.2, 0) is 20.4 Å². The zero-order valence-corrected chi connectivity index (χ0v) is 69.9. The average Bonchev–Trinajstić information content (AvgIpc) is 0.420. The molecule has 2 aromatic heterocycles. The first-order valence-corrected chi connectivity index (χ1v) is 43.6. The number of nitrogens with two attached hydrogens (primary N) is 2. The normalized spacial score (nSPS) is 10.4. The van der Waals surface area contributed by atoms with E-state index in [1.54, 1.807) is 18.3 Å². The number of hydrogen-bond acceptors (Lipinski definition) is 6. The minimum absolute atomic E-state index is 0. The van der Waals surface area contributed by atoms with Gasteiger partial charge in [-0.2, -0.15) is 0 Å². The summed E-state index contributed by atoms with van der Waals surface area (Å²) < 4.78 is 0.951. The van der Waals surface area contributed by atoms with Crippen LogP contribution in [0.1, 0.15) is 0 Å². The number of aromatic nitrogens is 2. The van der Waals surface area contributed by atoms with Gasteiger partial charge in [0.2, 0.25) is 0 Å². The predicted molar refractivity (Wildman–Crippen MR) is 502 cm³/mol. The Labute approximate surface area is 704 Å². The van der Waals surface area contributed by atoms with Crippen molar-refractivity contribution in [1.29, 1.82) is 0 Å². The Morgan fingerprint density at radius 2 is 0.443 bits per heavy atom.